The Bertz CT molecular complexity index is 378. The first kappa shape index (κ1) is 8.26. The molecular formula is C11H14N2O. The summed E-state index contributed by atoms with van der Waals surface area (Å²) < 4.78 is 0. The highest BCUT2D eigenvalue weighted by atomic mass is 16.3. The second kappa shape index (κ2) is 2.72. The average molecular weight is 190 g/mol. The van der Waals surface area contributed by atoms with E-state index < -0.39 is 0 Å². The van der Waals surface area contributed by atoms with Gasteiger partial charge < -0.3 is 10.1 Å². The quantitative estimate of drug-likeness (QED) is 0.606. The van der Waals surface area contributed by atoms with Crippen LogP contribution in [-0.4, -0.2) is 11.7 Å². The third-order valence-corrected chi connectivity index (χ3v) is 3.40. The summed E-state index contributed by atoms with van der Waals surface area (Å²) in [6, 6.07) is 6.04. The van der Waals surface area contributed by atoms with E-state index in [0.29, 0.717) is 5.92 Å². The van der Waals surface area contributed by atoms with Crippen molar-refractivity contribution in [3.63, 3.8) is 0 Å². The Kier molecular flexibility index (Phi) is 1.60. The van der Waals surface area contributed by atoms with Crippen molar-refractivity contribution in [1.29, 1.82) is 0 Å². The molecule has 3 heteroatoms. The SMILES string of the molecule is NN1CC2CCC(O)c3cccc1c32. The minimum absolute atomic E-state index is 0.285. The second-order valence-electron chi connectivity index (χ2n) is 4.22. The average Bonchev–Trinajstić information content (AvgIpc) is 2.52. The maximum atomic E-state index is 9.86. The maximum absolute atomic E-state index is 9.86. The summed E-state index contributed by atoms with van der Waals surface area (Å²) in [5.74, 6) is 6.44. The van der Waals surface area contributed by atoms with Gasteiger partial charge in [0, 0.05) is 12.5 Å². The predicted molar refractivity (Wildman–Crippen MR) is 54.9 cm³/mol. The molecule has 1 heterocycles. The number of anilines is 1. The van der Waals surface area contributed by atoms with Gasteiger partial charge in [-0.3, -0.25) is 0 Å². The van der Waals surface area contributed by atoms with Gasteiger partial charge in [-0.1, -0.05) is 12.1 Å². The van der Waals surface area contributed by atoms with Crippen LogP contribution < -0.4 is 10.9 Å². The van der Waals surface area contributed by atoms with Crippen LogP contribution in [0.5, 0.6) is 0 Å². The van der Waals surface area contributed by atoms with Gasteiger partial charge >= 0.3 is 0 Å². The molecule has 2 aliphatic rings. The van der Waals surface area contributed by atoms with E-state index in [2.05, 4.69) is 0 Å². The van der Waals surface area contributed by atoms with Gasteiger partial charge in [0.15, 0.2) is 0 Å². The first-order chi connectivity index (χ1) is 6.77. The minimum Gasteiger partial charge on any atom is -0.388 e. The third-order valence-electron chi connectivity index (χ3n) is 3.40. The first-order valence-corrected chi connectivity index (χ1v) is 5.10. The molecule has 0 fully saturated rings. The molecule has 3 nitrogen and oxygen atoms in total. The molecule has 0 spiro atoms. The summed E-state index contributed by atoms with van der Waals surface area (Å²) in [6.45, 7) is 0.902. The van der Waals surface area contributed by atoms with Gasteiger partial charge in [0.2, 0.25) is 0 Å². The number of aliphatic hydroxyl groups excluding tert-OH is 1. The van der Waals surface area contributed by atoms with Crippen LogP contribution >= 0.6 is 0 Å². The Morgan fingerprint density at radius 1 is 1.36 bits per heavy atom. The molecule has 2 atom stereocenters. The van der Waals surface area contributed by atoms with Gasteiger partial charge in [0.1, 0.15) is 0 Å². The number of rotatable bonds is 0. The number of hydrogen-bond donors (Lipinski definition) is 2. The Labute approximate surface area is 83.1 Å². The van der Waals surface area contributed by atoms with Gasteiger partial charge in [-0.05, 0) is 30.0 Å². The van der Waals surface area contributed by atoms with Crippen LogP contribution in [0.15, 0.2) is 18.2 Å². The Hall–Kier alpha value is -1.06. The third kappa shape index (κ3) is 0.938. The van der Waals surface area contributed by atoms with E-state index in [1.807, 2.05) is 23.2 Å². The van der Waals surface area contributed by atoms with Crippen LogP contribution in [0.2, 0.25) is 0 Å². The highest BCUT2D eigenvalue weighted by Gasteiger charge is 2.34. The van der Waals surface area contributed by atoms with Crippen LogP contribution in [-0.2, 0) is 0 Å². The maximum Gasteiger partial charge on any atom is 0.0793 e. The van der Waals surface area contributed by atoms with Crippen molar-refractivity contribution < 1.29 is 5.11 Å². The summed E-state index contributed by atoms with van der Waals surface area (Å²) in [5, 5.41) is 11.7. The van der Waals surface area contributed by atoms with Gasteiger partial charge in [0.25, 0.3) is 0 Å². The van der Waals surface area contributed by atoms with Crippen molar-refractivity contribution in [2.75, 3.05) is 11.6 Å². The molecule has 1 aromatic rings. The molecule has 3 N–H and O–H groups in total. The van der Waals surface area contributed by atoms with Crippen molar-refractivity contribution in [2.24, 2.45) is 5.84 Å². The molecule has 3 rings (SSSR count). The van der Waals surface area contributed by atoms with E-state index in [1.54, 1.807) is 0 Å². The van der Waals surface area contributed by atoms with Gasteiger partial charge in [-0.2, -0.15) is 0 Å². The normalized spacial score (nSPS) is 29.1. The molecule has 1 aliphatic heterocycles. The molecule has 0 saturated heterocycles. The molecule has 2 unspecified atom stereocenters. The minimum atomic E-state index is -0.285. The highest BCUT2D eigenvalue weighted by molar-refractivity contribution is 5.63. The van der Waals surface area contributed by atoms with Crippen molar-refractivity contribution in [2.45, 2.75) is 24.9 Å². The van der Waals surface area contributed by atoms with Crippen molar-refractivity contribution >= 4 is 5.69 Å². The standard InChI is InChI=1S/C11H14N2O/c12-13-6-7-4-5-10(14)8-2-1-3-9(13)11(7)8/h1-3,7,10,14H,4-6,12H2. The number of nitrogens with two attached hydrogens (primary N) is 1. The summed E-state index contributed by atoms with van der Waals surface area (Å²) in [5.41, 5.74) is 3.48. The van der Waals surface area contributed by atoms with Crippen molar-refractivity contribution in [1.82, 2.24) is 0 Å². The van der Waals surface area contributed by atoms with E-state index in [-0.39, 0.29) is 6.10 Å². The fourth-order valence-electron chi connectivity index (χ4n) is 2.73. The molecule has 74 valence electrons. The number of hydrogen-bond acceptors (Lipinski definition) is 3. The van der Waals surface area contributed by atoms with E-state index >= 15 is 0 Å². The largest absolute Gasteiger partial charge is 0.388 e. The van der Waals surface area contributed by atoms with Crippen LogP contribution in [0.25, 0.3) is 0 Å². The Morgan fingerprint density at radius 3 is 3.07 bits per heavy atom. The predicted octanol–water partition coefficient (Wildman–Crippen LogP) is 1.29. The molecule has 0 amide bonds. The molecule has 14 heavy (non-hydrogen) atoms. The fourth-order valence-corrected chi connectivity index (χ4v) is 2.73. The smallest absolute Gasteiger partial charge is 0.0793 e. The lowest BCUT2D eigenvalue weighted by Crippen LogP contribution is -2.29. The number of nitrogens with zero attached hydrogens (tertiary/aromatic N) is 1. The van der Waals surface area contributed by atoms with Gasteiger partial charge in [0.05, 0.1) is 11.8 Å². The van der Waals surface area contributed by atoms with Crippen molar-refractivity contribution in [3.8, 4) is 0 Å². The van der Waals surface area contributed by atoms with E-state index in [9.17, 15) is 5.11 Å². The molecular weight excluding hydrogens is 176 g/mol. The van der Waals surface area contributed by atoms with Gasteiger partial charge in [-0.25, -0.2) is 5.84 Å². The monoisotopic (exact) mass is 190 g/mol. The molecule has 0 aromatic heterocycles. The lowest BCUT2D eigenvalue weighted by molar-refractivity contribution is 0.152. The first-order valence-electron chi connectivity index (χ1n) is 5.10. The Morgan fingerprint density at radius 2 is 2.21 bits per heavy atom. The lowest BCUT2D eigenvalue weighted by Gasteiger charge is -2.24. The molecule has 0 saturated carbocycles. The van der Waals surface area contributed by atoms with Gasteiger partial charge in [-0.15, -0.1) is 0 Å². The second-order valence-corrected chi connectivity index (χ2v) is 4.22. The number of aliphatic hydroxyl groups is 1. The zero-order chi connectivity index (χ0) is 9.71. The summed E-state index contributed by atoms with van der Waals surface area (Å²) in [7, 11) is 0. The topological polar surface area (TPSA) is 49.5 Å². The highest BCUT2D eigenvalue weighted by Crippen LogP contribution is 2.46. The molecule has 0 bridgehead atoms. The van der Waals surface area contributed by atoms with Crippen LogP contribution in [0, 0.1) is 0 Å². The summed E-state index contributed by atoms with van der Waals surface area (Å²) in [4.78, 5) is 0. The molecule has 1 aromatic carbocycles. The fraction of sp³-hybridized carbons (Fsp3) is 0.455. The van der Waals surface area contributed by atoms with E-state index in [1.165, 1.54) is 5.56 Å². The molecule has 0 radical (unpaired) electrons. The lowest BCUT2D eigenvalue weighted by atomic mass is 9.82. The van der Waals surface area contributed by atoms with Crippen LogP contribution in [0.4, 0.5) is 5.69 Å². The zero-order valence-electron chi connectivity index (χ0n) is 7.98. The van der Waals surface area contributed by atoms with Crippen LogP contribution in [0.1, 0.15) is 36.0 Å². The number of benzene rings is 1. The van der Waals surface area contributed by atoms with E-state index in [0.717, 1.165) is 30.6 Å². The van der Waals surface area contributed by atoms with Crippen LogP contribution in [0.3, 0.4) is 0 Å². The zero-order valence-corrected chi connectivity index (χ0v) is 7.98. The Balaban J connectivity index is 2.22. The summed E-state index contributed by atoms with van der Waals surface area (Å²) >= 11 is 0. The summed E-state index contributed by atoms with van der Waals surface area (Å²) in [6.07, 6.45) is 1.64. The van der Waals surface area contributed by atoms with E-state index in [4.69, 9.17) is 5.84 Å². The number of hydrazine groups is 1. The molecule has 1 aliphatic carbocycles. The van der Waals surface area contributed by atoms with Crippen molar-refractivity contribution in [3.05, 3.63) is 29.3 Å².